The second-order valence-electron chi connectivity index (χ2n) is 7.98. The van der Waals surface area contributed by atoms with Crippen molar-refractivity contribution in [2.45, 2.75) is 58.4 Å². The van der Waals surface area contributed by atoms with Crippen LogP contribution >= 0.6 is 0 Å². The number of hydrogen-bond acceptors (Lipinski definition) is 2. The largest absolute Gasteiger partial charge is 0.322 e. The van der Waals surface area contributed by atoms with Gasteiger partial charge in [-0.2, -0.15) is 0 Å². The molecule has 1 unspecified atom stereocenters. The van der Waals surface area contributed by atoms with E-state index < -0.39 is 0 Å². The Balaban J connectivity index is 1.64. The number of benzene rings is 1. The van der Waals surface area contributed by atoms with Crippen molar-refractivity contribution in [1.82, 2.24) is 9.80 Å². The molecule has 1 aromatic carbocycles. The predicted molar refractivity (Wildman–Crippen MR) is 104 cm³/mol. The summed E-state index contributed by atoms with van der Waals surface area (Å²) in [4.78, 5) is 17.6. The minimum Gasteiger partial charge on any atom is -0.320 e. The molecule has 0 radical (unpaired) electrons. The third kappa shape index (κ3) is 5.21. The molecule has 2 saturated heterocycles. The van der Waals surface area contributed by atoms with Gasteiger partial charge in [0.1, 0.15) is 0 Å². The van der Waals surface area contributed by atoms with E-state index in [2.05, 4.69) is 35.0 Å². The number of amides is 2. The van der Waals surface area contributed by atoms with Gasteiger partial charge in [-0.3, -0.25) is 0 Å². The third-order valence-electron chi connectivity index (χ3n) is 5.75. The molecule has 4 nitrogen and oxygen atoms in total. The van der Waals surface area contributed by atoms with Gasteiger partial charge in [0.05, 0.1) is 0 Å². The predicted octanol–water partition coefficient (Wildman–Crippen LogP) is 4.50. The molecule has 1 atom stereocenters. The maximum Gasteiger partial charge on any atom is 0.322 e. The lowest BCUT2D eigenvalue weighted by Gasteiger charge is -2.37. The number of carbonyl (C=O) groups excluding carboxylic acids is 1. The summed E-state index contributed by atoms with van der Waals surface area (Å²) in [5.41, 5.74) is 2.08. The number of likely N-dealkylation sites (tertiary alicyclic amines) is 2. The molecule has 2 heterocycles. The van der Waals surface area contributed by atoms with E-state index in [1.165, 1.54) is 44.3 Å². The Hall–Kier alpha value is -1.55. The lowest BCUT2D eigenvalue weighted by molar-refractivity contribution is 0.129. The fourth-order valence-electron chi connectivity index (χ4n) is 4.10. The van der Waals surface area contributed by atoms with Gasteiger partial charge in [-0.15, -0.1) is 0 Å². The van der Waals surface area contributed by atoms with Crippen LogP contribution in [0.5, 0.6) is 0 Å². The van der Waals surface area contributed by atoms with Gasteiger partial charge in [-0.1, -0.05) is 31.9 Å². The standard InChI is InChI=1S/C21H33N3O/c1-17-10-13-23(14-11-17)16-20-9-4-3-5-12-24(20)21(25)22-19-8-6-7-18(2)15-19/h6-8,15,17,20H,3-5,9-14,16H2,1-2H3,(H,22,25). The molecule has 0 aliphatic carbocycles. The van der Waals surface area contributed by atoms with Crippen molar-refractivity contribution in [3.8, 4) is 0 Å². The van der Waals surface area contributed by atoms with Crippen molar-refractivity contribution in [2.24, 2.45) is 5.92 Å². The van der Waals surface area contributed by atoms with Crippen LogP contribution in [0, 0.1) is 12.8 Å². The van der Waals surface area contributed by atoms with Gasteiger partial charge in [-0.05, 0) is 69.3 Å². The van der Waals surface area contributed by atoms with Crippen LogP contribution in [0.2, 0.25) is 0 Å². The van der Waals surface area contributed by atoms with E-state index in [9.17, 15) is 4.79 Å². The van der Waals surface area contributed by atoms with Crippen molar-refractivity contribution in [3.05, 3.63) is 29.8 Å². The summed E-state index contributed by atoms with van der Waals surface area (Å²) in [6.45, 7) is 8.70. The molecule has 25 heavy (non-hydrogen) atoms. The van der Waals surface area contributed by atoms with E-state index >= 15 is 0 Å². The maximum atomic E-state index is 12.9. The van der Waals surface area contributed by atoms with E-state index in [0.29, 0.717) is 6.04 Å². The molecule has 0 saturated carbocycles. The number of nitrogens with one attached hydrogen (secondary N) is 1. The zero-order valence-electron chi connectivity index (χ0n) is 15.8. The summed E-state index contributed by atoms with van der Waals surface area (Å²) >= 11 is 0. The summed E-state index contributed by atoms with van der Waals surface area (Å²) in [5, 5.41) is 3.12. The lowest BCUT2D eigenvalue weighted by Crippen LogP contribution is -2.49. The van der Waals surface area contributed by atoms with Crippen LogP contribution in [0.1, 0.15) is 51.0 Å². The molecule has 1 N–H and O–H groups in total. The van der Waals surface area contributed by atoms with Crippen LogP contribution in [0.25, 0.3) is 0 Å². The van der Waals surface area contributed by atoms with Gasteiger partial charge >= 0.3 is 6.03 Å². The Labute approximate surface area is 152 Å². The van der Waals surface area contributed by atoms with Crippen LogP contribution < -0.4 is 5.32 Å². The van der Waals surface area contributed by atoms with Crippen LogP contribution in [-0.2, 0) is 0 Å². The zero-order valence-corrected chi connectivity index (χ0v) is 15.8. The summed E-state index contributed by atoms with van der Waals surface area (Å²) < 4.78 is 0. The van der Waals surface area contributed by atoms with Crippen molar-refractivity contribution in [3.63, 3.8) is 0 Å². The third-order valence-corrected chi connectivity index (χ3v) is 5.75. The van der Waals surface area contributed by atoms with Crippen molar-refractivity contribution >= 4 is 11.7 Å². The van der Waals surface area contributed by atoms with E-state index in [1.54, 1.807) is 0 Å². The molecule has 0 bridgehead atoms. The number of anilines is 1. The SMILES string of the molecule is Cc1cccc(NC(=O)N2CCCCCC2CN2CCC(C)CC2)c1. The first-order valence-electron chi connectivity index (χ1n) is 9.98. The highest BCUT2D eigenvalue weighted by Gasteiger charge is 2.28. The Bertz CT molecular complexity index is 566. The van der Waals surface area contributed by atoms with E-state index in [4.69, 9.17) is 0 Å². The lowest BCUT2D eigenvalue weighted by atomic mass is 9.98. The number of hydrogen-bond donors (Lipinski definition) is 1. The van der Waals surface area contributed by atoms with Crippen molar-refractivity contribution < 1.29 is 4.79 Å². The monoisotopic (exact) mass is 343 g/mol. The molecule has 0 aromatic heterocycles. The Morgan fingerprint density at radius 2 is 1.92 bits per heavy atom. The molecule has 2 fully saturated rings. The first-order chi connectivity index (χ1) is 12.1. The number of piperidine rings is 1. The average molecular weight is 344 g/mol. The van der Waals surface area contributed by atoms with E-state index in [0.717, 1.165) is 37.5 Å². The van der Waals surface area contributed by atoms with Crippen LogP contribution in [0.15, 0.2) is 24.3 Å². The smallest absolute Gasteiger partial charge is 0.320 e. The van der Waals surface area contributed by atoms with Gasteiger partial charge in [-0.25, -0.2) is 4.79 Å². The molecular formula is C21H33N3O. The van der Waals surface area contributed by atoms with Crippen LogP contribution in [-0.4, -0.2) is 48.1 Å². The molecule has 2 aliphatic heterocycles. The van der Waals surface area contributed by atoms with Gasteiger partial charge in [0.15, 0.2) is 0 Å². The maximum absolute atomic E-state index is 12.9. The van der Waals surface area contributed by atoms with Crippen molar-refractivity contribution in [1.29, 1.82) is 0 Å². The number of urea groups is 1. The normalized spacial score (nSPS) is 23.3. The molecule has 0 spiro atoms. The minimum atomic E-state index is 0.0721. The van der Waals surface area contributed by atoms with Gasteiger partial charge in [0.25, 0.3) is 0 Å². The fraction of sp³-hybridized carbons (Fsp3) is 0.667. The van der Waals surface area contributed by atoms with E-state index in [1.807, 2.05) is 18.2 Å². The molecule has 1 aromatic rings. The summed E-state index contributed by atoms with van der Waals surface area (Å²) in [5.74, 6) is 0.853. The van der Waals surface area contributed by atoms with Gasteiger partial charge in [0.2, 0.25) is 0 Å². The van der Waals surface area contributed by atoms with Gasteiger partial charge in [0, 0.05) is 24.8 Å². The second-order valence-corrected chi connectivity index (χ2v) is 7.98. The molecule has 2 amide bonds. The first kappa shape index (κ1) is 18.2. The van der Waals surface area contributed by atoms with E-state index in [-0.39, 0.29) is 6.03 Å². The summed E-state index contributed by atoms with van der Waals surface area (Å²) in [6, 6.07) is 8.49. The fourth-order valence-corrected chi connectivity index (χ4v) is 4.10. The highest BCUT2D eigenvalue weighted by molar-refractivity contribution is 5.89. The Morgan fingerprint density at radius 1 is 1.12 bits per heavy atom. The number of aryl methyl sites for hydroxylation is 1. The molecular weight excluding hydrogens is 310 g/mol. The van der Waals surface area contributed by atoms with Gasteiger partial charge < -0.3 is 15.1 Å². The first-order valence-corrected chi connectivity index (χ1v) is 9.98. The average Bonchev–Trinajstić information content (AvgIpc) is 2.82. The summed E-state index contributed by atoms with van der Waals surface area (Å²) in [7, 11) is 0. The molecule has 138 valence electrons. The number of carbonyl (C=O) groups is 1. The Morgan fingerprint density at radius 3 is 2.68 bits per heavy atom. The Kier molecular flexibility index (Phi) is 6.35. The second kappa shape index (κ2) is 8.70. The van der Waals surface area contributed by atoms with Crippen LogP contribution in [0.4, 0.5) is 10.5 Å². The molecule has 2 aliphatic rings. The summed E-state index contributed by atoms with van der Waals surface area (Å²) in [6.07, 6.45) is 7.32. The number of rotatable bonds is 3. The quantitative estimate of drug-likeness (QED) is 0.877. The highest BCUT2D eigenvalue weighted by Crippen LogP contribution is 2.22. The minimum absolute atomic E-state index is 0.0721. The highest BCUT2D eigenvalue weighted by atomic mass is 16.2. The zero-order chi connectivity index (χ0) is 17.6. The number of nitrogens with zero attached hydrogens (tertiary/aromatic N) is 2. The molecule has 3 rings (SSSR count). The van der Waals surface area contributed by atoms with Crippen molar-refractivity contribution in [2.75, 3.05) is 31.5 Å². The van der Waals surface area contributed by atoms with Crippen LogP contribution in [0.3, 0.4) is 0 Å². The topological polar surface area (TPSA) is 35.6 Å². The molecule has 4 heteroatoms.